The van der Waals surface area contributed by atoms with E-state index in [0.717, 1.165) is 12.8 Å². The zero-order valence-electron chi connectivity index (χ0n) is 16.5. The number of allylic oxidation sites excluding steroid dienone is 2. The summed E-state index contributed by atoms with van der Waals surface area (Å²) >= 11 is 0. The van der Waals surface area contributed by atoms with Crippen LogP contribution in [0.15, 0.2) is 36.1 Å². The van der Waals surface area contributed by atoms with Crippen LogP contribution in [0.25, 0.3) is 5.57 Å². The third-order valence-corrected chi connectivity index (χ3v) is 10.2. The molecule has 1 aromatic carbocycles. The van der Waals surface area contributed by atoms with Gasteiger partial charge in [0.2, 0.25) is 8.32 Å². The second-order valence-electron chi connectivity index (χ2n) is 9.08. The van der Waals surface area contributed by atoms with Crippen LogP contribution in [0.1, 0.15) is 58.4 Å². The Labute approximate surface area is 155 Å². The third-order valence-electron chi connectivity index (χ3n) is 5.87. The molecule has 1 fully saturated rings. The molecule has 0 spiro atoms. The lowest BCUT2D eigenvalue weighted by molar-refractivity contribution is 0.329. The molecule has 0 N–H and O–H groups in total. The second-order valence-corrected chi connectivity index (χ2v) is 13.8. The molecule has 134 valence electrons. The van der Waals surface area contributed by atoms with Crippen molar-refractivity contribution in [1.82, 2.24) is 0 Å². The van der Waals surface area contributed by atoms with Gasteiger partial charge in [-0.05, 0) is 61.4 Å². The van der Waals surface area contributed by atoms with Crippen LogP contribution in [0.3, 0.4) is 0 Å². The van der Waals surface area contributed by atoms with E-state index in [1.165, 1.54) is 36.2 Å². The Kier molecular flexibility index (Phi) is 5.16. The van der Waals surface area contributed by atoms with Gasteiger partial charge in [-0.1, -0.05) is 62.9 Å². The fourth-order valence-corrected chi connectivity index (χ4v) is 4.14. The SMILES string of the molecule is CC(C)(C)[Si](C)(C)OC1=C(c2ccccc2)CCCC1C#CC1CC1. The average molecular weight is 353 g/mol. The molecule has 1 aromatic rings. The predicted octanol–water partition coefficient (Wildman–Crippen LogP) is 6.63. The van der Waals surface area contributed by atoms with Crippen molar-refractivity contribution in [2.24, 2.45) is 11.8 Å². The molecule has 0 aliphatic heterocycles. The maximum Gasteiger partial charge on any atom is 0.250 e. The van der Waals surface area contributed by atoms with Gasteiger partial charge in [0.1, 0.15) is 0 Å². The largest absolute Gasteiger partial charge is 0.545 e. The quantitative estimate of drug-likeness (QED) is 0.438. The van der Waals surface area contributed by atoms with Gasteiger partial charge in [-0.2, -0.15) is 0 Å². The van der Waals surface area contributed by atoms with Crippen LogP contribution in [-0.2, 0) is 4.43 Å². The highest BCUT2D eigenvalue weighted by atomic mass is 28.4. The zero-order chi connectivity index (χ0) is 18.1. The van der Waals surface area contributed by atoms with E-state index < -0.39 is 8.32 Å². The topological polar surface area (TPSA) is 9.23 Å². The van der Waals surface area contributed by atoms with Gasteiger partial charge in [0.25, 0.3) is 0 Å². The Bertz CT molecular complexity index is 693. The highest BCUT2D eigenvalue weighted by Crippen LogP contribution is 2.44. The summed E-state index contributed by atoms with van der Waals surface area (Å²) in [5.74, 6) is 9.22. The van der Waals surface area contributed by atoms with E-state index in [4.69, 9.17) is 4.43 Å². The van der Waals surface area contributed by atoms with Gasteiger partial charge in [0.15, 0.2) is 0 Å². The van der Waals surface area contributed by atoms with E-state index in [9.17, 15) is 0 Å². The van der Waals surface area contributed by atoms with Crippen LogP contribution >= 0.6 is 0 Å². The van der Waals surface area contributed by atoms with E-state index in [1.807, 2.05) is 0 Å². The van der Waals surface area contributed by atoms with Crippen LogP contribution in [0.4, 0.5) is 0 Å². The number of hydrogen-bond donors (Lipinski definition) is 0. The highest BCUT2D eigenvalue weighted by molar-refractivity contribution is 6.74. The lowest BCUT2D eigenvalue weighted by atomic mass is 9.85. The van der Waals surface area contributed by atoms with Crippen molar-refractivity contribution >= 4 is 13.9 Å². The van der Waals surface area contributed by atoms with Crippen molar-refractivity contribution in [2.45, 2.75) is 71.0 Å². The molecule has 2 heteroatoms. The minimum Gasteiger partial charge on any atom is -0.545 e. The maximum absolute atomic E-state index is 6.89. The minimum atomic E-state index is -1.88. The summed E-state index contributed by atoms with van der Waals surface area (Å²) in [4.78, 5) is 0. The molecule has 25 heavy (non-hydrogen) atoms. The number of benzene rings is 1. The van der Waals surface area contributed by atoms with Crippen LogP contribution in [-0.4, -0.2) is 8.32 Å². The van der Waals surface area contributed by atoms with Crippen molar-refractivity contribution in [3.05, 3.63) is 41.7 Å². The van der Waals surface area contributed by atoms with Crippen LogP contribution < -0.4 is 0 Å². The van der Waals surface area contributed by atoms with E-state index in [-0.39, 0.29) is 11.0 Å². The highest BCUT2D eigenvalue weighted by Gasteiger charge is 2.41. The summed E-state index contributed by atoms with van der Waals surface area (Å²) in [6, 6.07) is 10.8. The molecule has 0 saturated heterocycles. The van der Waals surface area contributed by atoms with Crippen molar-refractivity contribution in [1.29, 1.82) is 0 Å². The molecule has 0 radical (unpaired) electrons. The van der Waals surface area contributed by atoms with E-state index in [1.54, 1.807) is 0 Å². The fourth-order valence-electron chi connectivity index (χ4n) is 3.02. The van der Waals surface area contributed by atoms with Gasteiger partial charge < -0.3 is 4.43 Å². The van der Waals surface area contributed by atoms with Crippen molar-refractivity contribution in [3.8, 4) is 11.8 Å². The van der Waals surface area contributed by atoms with Crippen LogP contribution in [0.5, 0.6) is 0 Å². The first-order chi connectivity index (χ1) is 11.8. The Hall–Kier alpha value is -1.46. The molecule has 0 bridgehead atoms. The predicted molar refractivity (Wildman–Crippen MR) is 109 cm³/mol. The third kappa shape index (κ3) is 4.39. The molecular formula is C23H32OSi. The normalized spacial score (nSPS) is 21.6. The Balaban J connectivity index is 2.01. The summed E-state index contributed by atoms with van der Waals surface area (Å²) in [6.07, 6.45) is 6.02. The number of rotatable bonds is 3. The van der Waals surface area contributed by atoms with Crippen LogP contribution in [0.2, 0.25) is 18.1 Å². The van der Waals surface area contributed by atoms with Crippen molar-refractivity contribution < 1.29 is 4.43 Å². The smallest absolute Gasteiger partial charge is 0.250 e. The Morgan fingerprint density at radius 2 is 1.68 bits per heavy atom. The standard InChI is InChI=1S/C23H32OSi/c1-23(2,3)25(4,5)24-22-20(17-16-18-14-15-18)12-9-13-21(22)19-10-7-6-8-11-19/h6-8,10-11,18,20H,9,12-15H2,1-5H3. The summed E-state index contributed by atoms with van der Waals surface area (Å²) in [5.41, 5.74) is 2.71. The van der Waals surface area contributed by atoms with Gasteiger partial charge in [-0.3, -0.25) is 0 Å². The molecule has 1 unspecified atom stereocenters. The first-order valence-corrected chi connectivity index (χ1v) is 12.7. The Morgan fingerprint density at radius 3 is 2.28 bits per heavy atom. The first-order valence-electron chi connectivity index (χ1n) is 9.76. The van der Waals surface area contributed by atoms with Crippen molar-refractivity contribution in [2.75, 3.05) is 0 Å². The lowest BCUT2D eigenvalue weighted by Crippen LogP contribution is -2.41. The van der Waals surface area contributed by atoms with Gasteiger partial charge in [-0.15, -0.1) is 0 Å². The Morgan fingerprint density at radius 1 is 1.00 bits per heavy atom. The molecular weight excluding hydrogens is 320 g/mol. The zero-order valence-corrected chi connectivity index (χ0v) is 17.5. The summed E-state index contributed by atoms with van der Waals surface area (Å²) in [7, 11) is -1.88. The van der Waals surface area contributed by atoms with Crippen LogP contribution in [0, 0.1) is 23.7 Å². The molecule has 1 nitrogen and oxygen atoms in total. The second kappa shape index (κ2) is 7.04. The summed E-state index contributed by atoms with van der Waals surface area (Å²) in [6.45, 7) is 11.6. The molecule has 3 rings (SSSR count). The van der Waals surface area contributed by atoms with E-state index >= 15 is 0 Å². The molecule has 0 amide bonds. The molecule has 1 atom stereocenters. The molecule has 2 aliphatic carbocycles. The lowest BCUT2D eigenvalue weighted by Gasteiger charge is -2.40. The van der Waals surface area contributed by atoms with Crippen molar-refractivity contribution in [3.63, 3.8) is 0 Å². The molecule has 1 saturated carbocycles. The van der Waals surface area contributed by atoms with Gasteiger partial charge in [0.05, 0.1) is 11.7 Å². The van der Waals surface area contributed by atoms with Gasteiger partial charge in [0, 0.05) is 5.92 Å². The van der Waals surface area contributed by atoms with E-state index in [2.05, 4.69) is 76.0 Å². The monoisotopic (exact) mass is 352 g/mol. The molecule has 2 aliphatic rings. The van der Waals surface area contributed by atoms with Gasteiger partial charge >= 0.3 is 0 Å². The van der Waals surface area contributed by atoms with E-state index in [0.29, 0.717) is 5.92 Å². The van der Waals surface area contributed by atoms with Gasteiger partial charge in [-0.25, -0.2) is 0 Å². The summed E-state index contributed by atoms with van der Waals surface area (Å²) in [5, 5.41) is 0.202. The molecule has 0 heterocycles. The number of hydrogen-bond acceptors (Lipinski definition) is 1. The molecule has 0 aromatic heterocycles. The average Bonchev–Trinajstić information content (AvgIpc) is 3.37. The summed E-state index contributed by atoms with van der Waals surface area (Å²) < 4.78 is 6.89. The minimum absolute atomic E-state index is 0.202. The fraction of sp³-hybridized carbons (Fsp3) is 0.565. The first kappa shape index (κ1) is 18.3. The maximum atomic E-state index is 6.89.